The van der Waals surface area contributed by atoms with Gasteiger partial charge in [0.1, 0.15) is 0 Å². The fraction of sp³-hybridized carbons (Fsp3) is 0.474. The minimum absolute atomic E-state index is 0.00830. The number of hydrogen-bond donors (Lipinski definition) is 1. The molecule has 1 aliphatic rings. The zero-order valence-electron chi connectivity index (χ0n) is 15.9. The Morgan fingerprint density at radius 2 is 2.00 bits per heavy atom. The van der Waals surface area contributed by atoms with Crippen LogP contribution >= 0.6 is 23.1 Å². The Bertz CT molecular complexity index is 809. The number of nitrogens with one attached hydrogen (secondary N) is 1. The summed E-state index contributed by atoms with van der Waals surface area (Å²) < 4.78 is 43.0. The Labute approximate surface area is 175 Å². The van der Waals surface area contributed by atoms with Crippen molar-refractivity contribution < 1.29 is 22.7 Å². The average molecular weight is 446 g/mol. The number of aromatic nitrogens is 1. The standard InChI is InChI=1S/C19H22F3N3O2S2/c1-13-16(28-18(23-13)29-19(20,21)22)11-17(26)24-15(14-5-3-2-4-6-14)12-25-7-9-27-10-8-25/h2-6,15H,7-12H2,1H3,(H,24,26). The van der Waals surface area contributed by atoms with Crippen LogP contribution in [-0.4, -0.2) is 54.1 Å². The van der Waals surface area contributed by atoms with E-state index in [0.29, 0.717) is 30.3 Å². The van der Waals surface area contributed by atoms with Gasteiger partial charge >= 0.3 is 5.51 Å². The second-order valence-electron chi connectivity index (χ2n) is 6.66. The van der Waals surface area contributed by atoms with E-state index in [1.165, 1.54) is 0 Å². The number of carbonyl (C=O) groups excluding carboxylic acids is 1. The molecule has 1 saturated heterocycles. The summed E-state index contributed by atoms with van der Waals surface area (Å²) in [5.41, 5.74) is -2.94. The number of halogens is 3. The molecule has 5 nitrogen and oxygen atoms in total. The zero-order valence-corrected chi connectivity index (χ0v) is 17.5. The number of rotatable bonds is 7. The summed E-state index contributed by atoms with van der Waals surface area (Å²) in [4.78, 5) is 19.4. The van der Waals surface area contributed by atoms with Crippen LogP contribution in [0.4, 0.5) is 13.2 Å². The van der Waals surface area contributed by atoms with Crippen LogP contribution in [0.1, 0.15) is 22.2 Å². The number of morpholine rings is 1. The van der Waals surface area contributed by atoms with Gasteiger partial charge in [0.15, 0.2) is 4.34 Å². The van der Waals surface area contributed by atoms with Gasteiger partial charge in [-0.2, -0.15) is 13.2 Å². The highest BCUT2D eigenvalue weighted by molar-refractivity contribution is 8.01. The smallest absolute Gasteiger partial charge is 0.379 e. The number of nitrogens with zero attached hydrogens (tertiary/aromatic N) is 2. The van der Waals surface area contributed by atoms with Crippen molar-refractivity contribution in [2.75, 3.05) is 32.8 Å². The molecule has 2 heterocycles. The van der Waals surface area contributed by atoms with Gasteiger partial charge in [-0.15, -0.1) is 11.3 Å². The van der Waals surface area contributed by atoms with Gasteiger partial charge in [-0.1, -0.05) is 30.3 Å². The molecule has 1 aromatic carbocycles. The lowest BCUT2D eigenvalue weighted by atomic mass is 10.1. The lowest BCUT2D eigenvalue weighted by molar-refractivity contribution is -0.121. The van der Waals surface area contributed by atoms with E-state index in [-0.39, 0.29) is 34.5 Å². The normalized spacial score (nSPS) is 16.6. The molecule has 1 amide bonds. The number of ether oxygens (including phenoxy) is 1. The Hall–Kier alpha value is -1.62. The monoisotopic (exact) mass is 445 g/mol. The van der Waals surface area contributed by atoms with Gasteiger partial charge in [0.25, 0.3) is 0 Å². The summed E-state index contributed by atoms with van der Waals surface area (Å²) in [7, 11) is 0. The van der Waals surface area contributed by atoms with Gasteiger partial charge in [0.2, 0.25) is 5.91 Å². The maximum Gasteiger partial charge on any atom is 0.448 e. The summed E-state index contributed by atoms with van der Waals surface area (Å²) in [5, 5.41) is 3.04. The minimum atomic E-state index is -4.39. The first-order chi connectivity index (χ1) is 13.8. The van der Waals surface area contributed by atoms with Crippen molar-refractivity contribution >= 4 is 29.0 Å². The Morgan fingerprint density at radius 1 is 1.31 bits per heavy atom. The molecular weight excluding hydrogens is 423 g/mol. The molecule has 0 spiro atoms. The van der Waals surface area contributed by atoms with E-state index in [1.54, 1.807) is 6.92 Å². The fourth-order valence-electron chi connectivity index (χ4n) is 3.06. The molecule has 3 rings (SSSR count). The predicted octanol–water partition coefficient (Wildman–Crippen LogP) is 3.80. The van der Waals surface area contributed by atoms with E-state index in [0.717, 1.165) is 30.0 Å². The van der Waals surface area contributed by atoms with Crippen LogP contribution in [0.15, 0.2) is 34.7 Å². The van der Waals surface area contributed by atoms with Crippen molar-refractivity contribution in [3.05, 3.63) is 46.5 Å². The quantitative estimate of drug-likeness (QED) is 0.657. The van der Waals surface area contributed by atoms with Crippen molar-refractivity contribution in [1.82, 2.24) is 15.2 Å². The van der Waals surface area contributed by atoms with Gasteiger partial charge in [-0.25, -0.2) is 4.98 Å². The number of thioether (sulfide) groups is 1. The topological polar surface area (TPSA) is 54.5 Å². The van der Waals surface area contributed by atoms with E-state index in [9.17, 15) is 18.0 Å². The highest BCUT2D eigenvalue weighted by atomic mass is 32.2. The third-order valence-corrected chi connectivity index (χ3v) is 6.43. The van der Waals surface area contributed by atoms with Crippen LogP contribution in [-0.2, 0) is 16.0 Å². The molecule has 29 heavy (non-hydrogen) atoms. The van der Waals surface area contributed by atoms with Crippen LogP contribution in [0.25, 0.3) is 0 Å². The van der Waals surface area contributed by atoms with E-state index >= 15 is 0 Å². The Morgan fingerprint density at radius 3 is 2.66 bits per heavy atom. The van der Waals surface area contributed by atoms with Crippen molar-refractivity contribution in [2.24, 2.45) is 0 Å². The fourth-order valence-corrected chi connectivity index (χ4v) is 4.98. The molecule has 2 aromatic rings. The predicted molar refractivity (Wildman–Crippen MR) is 107 cm³/mol. The average Bonchev–Trinajstić information content (AvgIpc) is 2.99. The van der Waals surface area contributed by atoms with Gasteiger partial charge in [0.05, 0.1) is 31.4 Å². The molecule has 1 unspecified atom stereocenters. The number of amides is 1. The van der Waals surface area contributed by atoms with Crippen molar-refractivity contribution in [1.29, 1.82) is 0 Å². The molecule has 1 aliphatic heterocycles. The van der Waals surface area contributed by atoms with Crippen molar-refractivity contribution in [3.63, 3.8) is 0 Å². The molecule has 0 saturated carbocycles. The molecule has 1 N–H and O–H groups in total. The number of carbonyl (C=O) groups is 1. The zero-order chi connectivity index (χ0) is 20.9. The summed E-state index contributed by atoms with van der Waals surface area (Å²) in [5.74, 6) is -0.234. The van der Waals surface area contributed by atoms with Gasteiger partial charge in [-0.3, -0.25) is 9.69 Å². The maximum atomic E-state index is 12.7. The SMILES string of the molecule is Cc1nc(SC(F)(F)F)sc1CC(=O)NC(CN1CCOCC1)c1ccccc1. The number of alkyl halides is 3. The third kappa shape index (κ3) is 6.98. The number of thiazole rings is 1. The maximum absolute atomic E-state index is 12.7. The van der Waals surface area contributed by atoms with Gasteiger partial charge < -0.3 is 10.1 Å². The largest absolute Gasteiger partial charge is 0.448 e. The molecule has 158 valence electrons. The van der Waals surface area contributed by atoms with Crippen molar-refractivity contribution in [3.8, 4) is 0 Å². The van der Waals surface area contributed by atoms with Crippen LogP contribution in [0, 0.1) is 6.92 Å². The molecule has 0 bridgehead atoms. The molecule has 1 fully saturated rings. The van der Waals surface area contributed by atoms with Crippen LogP contribution in [0.3, 0.4) is 0 Å². The molecule has 0 radical (unpaired) electrons. The second-order valence-corrected chi connectivity index (χ2v) is 9.05. The minimum Gasteiger partial charge on any atom is -0.379 e. The van der Waals surface area contributed by atoms with E-state index in [1.807, 2.05) is 30.3 Å². The van der Waals surface area contributed by atoms with E-state index in [4.69, 9.17) is 4.74 Å². The van der Waals surface area contributed by atoms with Crippen molar-refractivity contribution in [2.45, 2.75) is 29.2 Å². The second kappa shape index (κ2) is 9.92. The Balaban J connectivity index is 1.66. The lowest BCUT2D eigenvalue weighted by Gasteiger charge is -2.31. The molecule has 0 aliphatic carbocycles. The first-order valence-electron chi connectivity index (χ1n) is 9.16. The summed E-state index contributed by atoms with van der Waals surface area (Å²) in [6, 6.07) is 9.46. The van der Waals surface area contributed by atoms with E-state index in [2.05, 4.69) is 15.2 Å². The first-order valence-corrected chi connectivity index (χ1v) is 10.8. The van der Waals surface area contributed by atoms with E-state index < -0.39 is 5.51 Å². The molecular formula is C19H22F3N3O2S2. The van der Waals surface area contributed by atoms with Gasteiger partial charge in [0, 0.05) is 36.3 Å². The first kappa shape index (κ1) is 22.1. The lowest BCUT2D eigenvalue weighted by Crippen LogP contribution is -2.43. The number of hydrogen-bond acceptors (Lipinski definition) is 6. The highest BCUT2D eigenvalue weighted by Gasteiger charge is 2.31. The highest BCUT2D eigenvalue weighted by Crippen LogP contribution is 2.39. The number of aryl methyl sites for hydroxylation is 1. The molecule has 10 heteroatoms. The van der Waals surface area contributed by atoms with Crippen LogP contribution in [0.2, 0.25) is 0 Å². The van der Waals surface area contributed by atoms with Crippen LogP contribution < -0.4 is 5.32 Å². The summed E-state index contributed by atoms with van der Waals surface area (Å²) in [6.07, 6.45) is 0.00830. The molecule has 1 atom stereocenters. The Kier molecular flexibility index (Phi) is 7.55. The van der Waals surface area contributed by atoms with Crippen LogP contribution in [0.5, 0.6) is 0 Å². The number of benzene rings is 1. The third-order valence-electron chi connectivity index (χ3n) is 4.48. The summed E-state index contributed by atoms with van der Waals surface area (Å²) in [6.45, 7) is 5.19. The summed E-state index contributed by atoms with van der Waals surface area (Å²) >= 11 is 0.671. The van der Waals surface area contributed by atoms with Gasteiger partial charge in [-0.05, 0) is 12.5 Å². The molecule has 1 aromatic heterocycles.